The quantitative estimate of drug-likeness (QED) is 0.241. The highest BCUT2D eigenvalue weighted by Crippen LogP contribution is 2.39. The Morgan fingerprint density at radius 2 is 1.45 bits per heavy atom. The van der Waals surface area contributed by atoms with Crippen molar-refractivity contribution in [3.63, 3.8) is 0 Å². The van der Waals surface area contributed by atoms with E-state index in [4.69, 9.17) is 9.16 Å². The molecule has 4 aromatic rings. The number of carbonyl (C=O) groups is 2. The molecule has 0 radical (unpaired) electrons. The number of amides is 3. The molecule has 5 rings (SSSR count). The van der Waals surface area contributed by atoms with E-state index in [0.717, 1.165) is 26.0 Å². The Morgan fingerprint density at radius 1 is 0.886 bits per heavy atom. The van der Waals surface area contributed by atoms with Crippen LogP contribution in [-0.2, 0) is 9.16 Å². The zero-order chi connectivity index (χ0) is 31.7. The summed E-state index contributed by atoms with van der Waals surface area (Å²) in [6.45, 7) is 11.6. The molecule has 3 amide bonds. The van der Waals surface area contributed by atoms with Crippen molar-refractivity contribution >= 4 is 47.3 Å². The lowest BCUT2D eigenvalue weighted by molar-refractivity contribution is 0.0256. The van der Waals surface area contributed by atoms with E-state index in [9.17, 15) is 14.9 Å². The van der Waals surface area contributed by atoms with Crippen LogP contribution < -0.4 is 15.3 Å². The molecule has 2 unspecified atom stereocenters. The van der Waals surface area contributed by atoms with Crippen LogP contribution in [-0.4, -0.2) is 54.6 Å². The molecule has 8 nitrogen and oxygen atoms in total. The molecule has 0 spiro atoms. The third-order valence-electron chi connectivity index (χ3n) is 7.90. The first-order valence-electron chi connectivity index (χ1n) is 14.7. The van der Waals surface area contributed by atoms with Crippen molar-refractivity contribution in [2.24, 2.45) is 0 Å². The number of carbonyl (C=O) groups excluding carboxylic acids is 2. The molecule has 0 saturated carbocycles. The fourth-order valence-corrected chi connectivity index (χ4v) is 10.6. The number of hydrogen-bond acceptors (Lipinski definition) is 6. The van der Waals surface area contributed by atoms with Gasteiger partial charge in [0.05, 0.1) is 24.6 Å². The number of nitriles is 1. The van der Waals surface area contributed by atoms with E-state index in [-0.39, 0.29) is 11.6 Å². The van der Waals surface area contributed by atoms with Crippen LogP contribution in [0.2, 0.25) is 5.04 Å². The van der Waals surface area contributed by atoms with Gasteiger partial charge in [0.1, 0.15) is 17.7 Å². The van der Waals surface area contributed by atoms with Crippen molar-refractivity contribution in [2.75, 3.05) is 11.5 Å². The Kier molecular flexibility index (Phi) is 8.34. The lowest BCUT2D eigenvalue weighted by Gasteiger charge is -2.44. The number of nitrogens with zero attached hydrogens (tertiary/aromatic N) is 4. The summed E-state index contributed by atoms with van der Waals surface area (Å²) in [5.74, 6) is 0. The van der Waals surface area contributed by atoms with Gasteiger partial charge < -0.3 is 9.16 Å². The van der Waals surface area contributed by atoms with Gasteiger partial charge in [0.2, 0.25) is 0 Å². The fraction of sp³-hybridized carbons (Fsp3) is 0.314. The van der Waals surface area contributed by atoms with Gasteiger partial charge in [-0.2, -0.15) is 5.26 Å². The molecule has 2 atom stereocenters. The van der Waals surface area contributed by atoms with E-state index >= 15 is 0 Å². The molecule has 1 aliphatic heterocycles. The summed E-state index contributed by atoms with van der Waals surface area (Å²) in [6.07, 6.45) is 2.44. The van der Waals surface area contributed by atoms with E-state index < -0.39 is 38.1 Å². The molecule has 0 bridgehead atoms. The van der Waals surface area contributed by atoms with Crippen LogP contribution >= 0.6 is 0 Å². The Hall–Kier alpha value is -4.52. The molecular formula is C35H38N4O4Si. The lowest BCUT2D eigenvalue weighted by Crippen LogP contribution is -2.67. The summed E-state index contributed by atoms with van der Waals surface area (Å²) in [7, 11) is -3.07. The highest BCUT2D eigenvalue weighted by molar-refractivity contribution is 6.99. The Bertz CT molecular complexity index is 1650. The van der Waals surface area contributed by atoms with Crippen molar-refractivity contribution < 1.29 is 18.8 Å². The van der Waals surface area contributed by atoms with Crippen molar-refractivity contribution in [3.05, 3.63) is 97.3 Å². The predicted octanol–water partition coefficient (Wildman–Crippen LogP) is 6.25. The fourth-order valence-electron chi connectivity index (χ4n) is 6.04. The summed E-state index contributed by atoms with van der Waals surface area (Å²) in [4.78, 5) is 34.7. The summed E-state index contributed by atoms with van der Waals surface area (Å²) < 4.78 is 12.9. The molecule has 1 aliphatic rings. The standard InChI is InChI=1S/C35H38N4O4Si/c1-34(2,3)43-33(41)39-31(29(21-36)38(32(39)40)30-23-37-22-25-15-13-14-20-28(25)30)24-42-44(35(4,5)6,26-16-9-7-10-17-26)27-18-11-8-12-19-27/h7-20,22-23,29,31H,24H2,1-6H3. The van der Waals surface area contributed by atoms with Crippen LogP contribution in [0.3, 0.4) is 0 Å². The number of fused-ring (bicyclic) bond motifs is 1. The van der Waals surface area contributed by atoms with Crippen LogP contribution in [0.5, 0.6) is 0 Å². The third-order valence-corrected chi connectivity index (χ3v) is 12.9. The van der Waals surface area contributed by atoms with Gasteiger partial charge in [-0.15, -0.1) is 0 Å². The van der Waals surface area contributed by atoms with E-state index in [2.05, 4.69) is 56.1 Å². The normalized spacial score (nSPS) is 17.5. The number of rotatable bonds is 6. The molecule has 2 heterocycles. The molecule has 1 fully saturated rings. The van der Waals surface area contributed by atoms with Crippen LogP contribution in [0.15, 0.2) is 97.3 Å². The van der Waals surface area contributed by atoms with Crippen LogP contribution in [0, 0.1) is 11.3 Å². The maximum absolute atomic E-state index is 14.2. The number of hydrogen-bond donors (Lipinski definition) is 0. The Labute approximate surface area is 260 Å². The average molecular weight is 607 g/mol. The number of anilines is 1. The molecule has 9 heteroatoms. The van der Waals surface area contributed by atoms with Crippen molar-refractivity contribution in [1.29, 1.82) is 5.26 Å². The number of pyridine rings is 1. The molecule has 0 aliphatic carbocycles. The first kappa shape index (κ1) is 30.9. The first-order chi connectivity index (χ1) is 20.9. The van der Waals surface area contributed by atoms with Gasteiger partial charge >= 0.3 is 12.1 Å². The largest absolute Gasteiger partial charge is 0.443 e. The summed E-state index contributed by atoms with van der Waals surface area (Å²) in [5.41, 5.74) is -0.418. The summed E-state index contributed by atoms with van der Waals surface area (Å²) in [6, 6.07) is 27.4. The van der Waals surface area contributed by atoms with E-state index in [1.807, 2.05) is 60.7 Å². The van der Waals surface area contributed by atoms with Gasteiger partial charge in [-0.05, 0) is 36.2 Å². The number of benzene rings is 3. The highest BCUT2D eigenvalue weighted by Gasteiger charge is 2.55. The molecule has 1 aromatic heterocycles. The molecule has 1 saturated heterocycles. The molecule has 3 aromatic carbocycles. The average Bonchev–Trinajstić information content (AvgIpc) is 3.27. The maximum Gasteiger partial charge on any atom is 0.418 e. The van der Waals surface area contributed by atoms with Gasteiger partial charge in [-0.25, -0.2) is 14.5 Å². The second kappa shape index (κ2) is 11.9. The topological polar surface area (TPSA) is 95.8 Å². The Balaban J connectivity index is 1.64. The minimum Gasteiger partial charge on any atom is -0.443 e. The molecule has 226 valence electrons. The first-order valence-corrected chi connectivity index (χ1v) is 16.6. The zero-order valence-electron chi connectivity index (χ0n) is 26.0. The Morgan fingerprint density at radius 3 is 2.00 bits per heavy atom. The van der Waals surface area contributed by atoms with Crippen LogP contribution in [0.25, 0.3) is 10.8 Å². The minimum atomic E-state index is -3.07. The number of aromatic nitrogens is 1. The maximum atomic E-state index is 14.2. The number of urea groups is 1. The van der Waals surface area contributed by atoms with Crippen LogP contribution in [0.1, 0.15) is 41.5 Å². The second-order valence-corrected chi connectivity index (χ2v) is 17.3. The molecule has 44 heavy (non-hydrogen) atoms. The van der Waals surface area contributed by atoms with Gasteiger partial charge in [-0.1, -0.05) is 106 Å². The predicted molar refractivity (Wildman–Crippen MR) is 174 cm³/mol. The molecule has 0 N–H and O–H groups in total. The lowest BCUT2D eigenvalue weighted by atomic mass is 10.1. The van der Waals surface area contributed by atoms with E-state index in [0.29, 0.717) is 5.69 Å². The van der Waals surface area contributed by atoms with Crippen molar-refractivity contribution in [3.8, 4) is 6.07 Å². The van der Waals surface area contributed by atoms with Crippen LogP contribution in [0.4, 0.5) is 15.3 Å². The van der Waals surface area contributed by atoms with Crippen molar-refractivity contribution in [2.45, 2.75) is 64.3 Å². The highest BCUT2D eigenvalue weighted by atomic mass is 28.4. The van der Waals surface area contributed by atoms with Gasteiger partial charge in [0.15, 0.2) is 0 Å². The monoisotopic (exact) mass is 606 g/mol. The third kappa shape index (κ3) is 5.59. The SMILES string of the molecule is CC(C)(C)OC(=O)N1C(=O)N(c2cncc3ccccc23)C(C#N)C1CO[Si](c1ccccc1)(c1ccccc1)C(C)(C)C. The summed E-state index contributed by atoms with van der Waals surface area (Å²) in [5, 5.41) is 13.9. The smallest absolute Gasteiger partial charge is 0.418 e. The minimum absolute atomic E-state index is 0.0643. The van der Waals surface area contributed by atoms with E-state index in [1.165, 1.54) is 4.90 Å². The van der Waals surface area contributed by atoms with Crippen molar-refractivity contribution in [1.82, 2.24) is 9.88 Å². The van der Waals surface area contributed by atoms with E-state index in [1.54, 1.807) is 33.2 Å². The van der Waals surface area contributed by atoms with Gasteiger partial charge in [0, 0.05) is 17.0 Å². The number of ether oxygens (including phenoxy) is 1. The second-order valence-electron chi connectivity index (χ2n) is 13.0. The molecular weight excluding hydrogens is 568 g/mol. The van der Waals surface area contributed by atoms with Gasteiger partial charge in [-0.3, -0.25) is 9.88 Å². The number of imide groups is 1. The zero-order valence-corrected chi connectivity index (χ0v) is 27.0. The summed E-state index contributed by atoms with van der Waals surface area (Å²) >= 11 is 0. The van der Waals surface area contributed by atoms with Gasteiger partial charge in [0.25, 0.3) is 8.32 Å².